The van der Waals surface area contributed by atoms with E-state index in [1.807, 2.05) is 29.7 Å². The van der Waals surface area contributed by atoms with E-state index in [-0.39, 0.29) is 42.6 Å². The second-order valence-electron chi connectivity index (χ2n) is 15.0. The summed E-state index contributed by atoms with van der Waals surface area (Å²) in [7, 11) is 1.94. The molecule has 1 aromatic rings. The van der Waals surface area contributed by atoms with Crippen LogP contribution in [0.5, 0.6) is 0 Å². The highest BCUT2D eigenvalue weighted by molar-refractivity contribution is 8.16. The van der Waals surface area contributed by atoms with Gasteiger partial charge in [0.1, 0.15) is 11.3 Å². The van der Waals surface area contributed by atoms with Crippen molar-refractivity contribution in [3.63, 3.8) is 0 Å². The van der Waals surface area contributed by atoms with Gasteiger partial charge in [-0.1, -0.05) is 104 Å². The number of esters is 1. The molecule has 0 aromatic heterocycles. The summed E-state index contributed by atoms with van der Waals surface area (Å²) < 4.78 is 5.62. The predicted molar refractivity (Wildman–Crippen MR) is 240 cm³/mol. The third-order valence-corrected chi connectivity index (χ3v) is 8.93. The van der Waals surface area contributed by atoms with E-state index in [0.29, 0.717) is 24.0 Å². The van der Waals surface area contributed by atoms with Gasteiger partial charge in [-0.3, -0.25) is 29.4 Å². The third kappa shape index (κ3) is 43.3. The van der Waals surface area contributed by atoms with Gasteiger partial charge in [-0.15, -0.1) is 0 Å². The van der Waals surface area contributed by atoms with Gasteiger partial charge in [-0.2, -0.15) is 5.06 Å². The Morgan fingerprint density at radius 2 is 1.52 bits per heavy atom. The highest BCUT2D eigenvalue weighted by Crippen LogP contribution is 2.29. The van der Waals surface area contributed by atoms with E-state index >= 15 is 0 Å². The van der Waals surface area contributed by atoms with Crippen molar-refractivity contribution >= 4 is 54.0 Å². The first kappa shape index (κ1) is 60.9. The Labute approximate surface area is 354 Å². The number of nitrogens with one attached hydrogen (secondary N) is 2. The van der Waals surface area contributed by atoms with Gasteiger partial charge in [-0.05, 0) is 92.0 Å². The lowest BCUT2D eigenvalue weighted by molar-refractivity contribution is -0.184. The van der Waals surface area contributed by atoms with Crippen LogP contribution in [0, 0.1) is 22.7 Å². The zero-order valence-electron chi connectivity index (χ0n) is 37.1. The molecule has 1 fully saturated rings. The molecule has 0 bridgehead atoms. The van der Waals surface area contributed by atoms with Gasteiger partial charge in [0.2, 0.25) is 12.8 Å². The number of allylic oxidation sites excluding steroid dienone is 1. The number of anilines is 1. The van der Waals surface area contributed by atoms with E-state index in [2.05, 4.69) is 83.5 Å². The molecule has 0 saturated carbocycles. The minimum Gasteiger partial charge on any atom is -0.483 e. The number of carbonyl (C=O) groups excluding carboxylic acids is 4. The Morgan fingerprint density at radius 1 is 0.983 bits per heavy atom. The Bertz CT molecular complexity index is 1150. The molecule has 1 aromatic carbocycles. The molecule has 14 nitrogen and oxygen atoms in total. The summed E-state index contributed by atoms with van der Waals surface area (Å²) in [5, 5.41) is 23.1. The van der Waals surface area contributed by atoms with Crippen molar-refractivity contribution in [2.45, 2.75) is 145 Å². The van der Waals surface area contributed by atoms with Crippen LogP contribution >= 0.6 is 11.8 Å². The second kappa shape index (κ2) is 42.8. The first-order valence-corrected chi connectivity index (χ1v) is 21.2. The molecule has 15 heteroatoms. The van der Waals surface area contributed by atoms with E-state index in [0.717, 1.165) is 63.3 Å². The zero-order valence-corrected chi connectivity index (χ0v) is 37.9. The SMILES string of the molecule is C1CCNCC1.CCCCC=O.CCCCCON(C)C(CC(OC(C)=O)C(=N)S/C=C/C(Cc1ccc(N)cc1)CC(C)(C)C)C(C)C.NC=O.NC=O.O=CO. The molecule has 2 rings (SSSR count). The quantitative estimate of drug-likeness (QED) is 0.0151. The number of thioether (sulfide) groups is 1. The zero-order chi connectivity index (χ0) is 45.2. The molecule has 3 atom stereocenters. The standard InChI is InChI=1S/C30H51N3O3S.C5H11N.C5H10O.2CH3NO.CH2O2/c1-9-10-11-17-35-33(8)27(22(2)3)20-28(36-23(4)34)29(32)37-18-16-25(21-30(5,6)7)19-24-12-14-26(31)15-13-24;1-2-4-6-5-3-1;1-2-3-4-5-6;3*2-1-3/h12-16,18,22,25,27-28,32H,9-11,17,19-21,31H2,1-8H3;6H,1-5H2;5H,2-4H2,1H3;2*1H,(H2,2,3);1H,(H,2,3)/b18-16+,32-29?;;;;;. The highest BCUT2D eigenvalue weighted by atomic mass is 32.2. The van der Waals surface area contributed by atoms with Crippen molar-refractivity contribution in [3.8, 4) is 0 Å². The summed E-state index contributed by atoms with van der Waals surface area (Å²) >= 11 is 1.33. The largest absolute Gasteiger partial charge is 0.483 e. The third-order valence-electron chi connectivity index (χ3n) is 8.12. The molecule has 2 amide bonds. The molecule has 0 radical (unpaired) electrons. The number of rotatable bonds is 19. The summed E-state index contributed by atoms with van der Waals surface area (Å²) in [5.41, 5.74) is 16.4. The molecule has 0 aliphatic carbocycles. The minimum atomic E-state index is -0.612. The number of benzene rings is 1. The van der Waals surface area contributed by atoms with Gasteiger partial charge >= 0.3 is 5.97 Å². The minimum absolute atomic E-state index is 0.0232. The molecule has 1 saturated heterocycles. The van der Waals surface area contributed by atoms with E-state index in [1.165, 1.54) is 56.6 Å². The number of nitrogens with zero attached hydrogens (tertiary/aromatic N) is 1. The topological polar surface area (TPSA) is 241 Å². The maximum Gasteiger partial charge on any atom is 0.303 e. The van der Waals surface area contributed by atoms with E-state index in [1.54, 1.807) is 0 Å². The van der Waals surface area contributed by atoms with E-state index in [9.17, 15) is 9.59 Å². The van der Waals surface area contributed by atoms with Crippen LogP contribution in [0.1, 0.15) is 132 Å². The van der Waals surface area contributed by atoms with Gasteiger partial charge in [-0.25, -0.2) is 0 Å². The number of amides is 2. The van der Waals surface area contributed by atoms with Crippen LogP contribution in [-0.2, 0) is 40.0 Å². The summed E-state index contributed by atoms with van der Waals surface area (Å²) in [4.78, 5) is 53.0. The number of hydrogen-bond donors (Lipinski definition) is 6. The van der Waals surface area contributed by atoms with Crippen LogP contribution in [0.3, 0.4) is 0 Å². The van der Waals surface area contributed by atoms with Gasteiger partial charge < -0.3 is 37.2 Å². The number of unbranched alkanes of at least 4 members (excludes halogenated alkanes) is 4. The smallest absolute Gasteiger partial charge is 0.303 e. The molecule has 1 aliphatic heterocycles. The normalized spacial score (nSPS) is 13.4. The molecule has 0 spiro atoms. The van der Waals surface area contributed by atoms with Crippen molar-refractivity contribution in [1.29, 1.82) is 5.41 Å². The number of aldehydes is 1. The maximum absolute atomic E-state index is 11.9. The number of nitrogens with two attached hydrogens (primary N) is 3. The van der Waals surface area contributed by atoms with Crippen LogP contribution in [-0.4, -0.2) is 85.7 Å². The number of hydrogen-bond acceptors (Lipinski definition) is 12. The molecule has 58 heavy (non-hydrogen) atoms. The number of hydroxylamine groups is 2. The molecule has 1 heterocycles. The fraction of sp³-hybridized carbons (Fsp3) is 0.674. The molecular weight excluding hydrogens is 761 g/mol. The Hall–Kier alpha value is -3.79. The number of piperidine rings is 1. The number of carboxylic acid groups (broad SMARTS) is 1. The van der Waals surface area contributed by atoms with Crippen LogP contribution in [0.2, 0.25) is 0 Å². The van der Waals surface area contributed by atoms with Crippen molar-refractivity contribution in [2.24, 2.45) is 28.7 Å². The van der Waals surface area contributed by atoms with Crippen molar-refractivity contribution in [3.05, 3.63) is 41.3 Å². The van der Waals surface area contributed by atoms with Crippen LogP contribution < -0.4 is 22.5 Å². The van der Waals surface area contributed by atoms with Crippen LogP contribution in [0.25, 0.3) is 0 Å². The van der Waals surface area contributed by atoms with Gasteiger partial charge in [0.25, 0.3) is 6.47 Å². The Kier molecular flexibility index (Phi) is 44.9. The number of primary amides is 2. The molecule has 1 aliphatic rings. The molecule has 336 valence electrons. The first-order chi connectivity index (χ1) is 27.5. The highest BCUT2D eigenvalue weighted by Gasteiger charge is 2.28. The first-order valence-electron chi connectivity index (χ1n) is 20.3. The second-order valence-corrected chi connectivity index (χ2v) is 16.0. The number of nitrogen functional groups attached to an aromatic ring is 1. The van der Waals surface area contributed by atoms with Gasteiger partial charge in [0.15, 0.2) is 6.10 Å². The summed E-state index contributed by atoms with van der Waals surface area (Å²) in [5.74, 6) is 0.225. The Balaban J connectivity index is -0.000000562. The Morgan fingerprint density at radius 3 is 1.90 bits per heavy atom. The lowest BCUT2D eigenvalue weighted by Gasteiger charge is -2.33. The summed E-state index contributed by atoms with van der Waals surface area (Å²) in [6, 6.07) is 8.07. The van der Waals surface area contributed by atoms with Gasteiger partial charge in [0.05, 0.1) is 6.61 Å². The van der Waals surface area contributed by atoms with Crippen molar-refractivity contribution < 1.29 is 38.7 Å². The average molecular weight is 841 g/mol. The van der Waals surface area contributed by atoms with Gasteiger partial charge in [0, 0.05) is 38.5 Å². The van der Waals surface area contributed by atoms with Crippen molar-refractivity contribution in [2.75, 3.05) is 32.5 Å². The molecule has 3 unspecified atom stereocenters. The fourth-order valence-corrected chi connectivity index (χ4v) is 6.21. The summed E-state index contributed by atoms with van der Waals surface area (Å²) in [6.45, 7) is 19.6. The molecular formula is C43H80N6O8S. The maximum atomic E-state index is 11.9. The van der Waals surface area contributed by atoms with Crippen LogP contribution in [0.15, 0.2) is 35.7 Å². The lowest BCUT2D eigenvalue weighted by Crippen LogP contribution is -2.41. The van der Waals surface area contributed by atoms with E-state index in [4.69, 9.17) is 40.2 Å². The monoisotopic (exact) mass is 841 g/mol. The molecule has 9 N–H and O–H groups in total. The van der Waals surface area contributed by atoms with Crippen LogP contribution in [0.4, 0.5) is 5.69 Å². The fourth-order valence-electron chi connectivity index (χ4n) is 5.47. The number of carbonyl (C=O) groups is 5. The van der Waals surface area contributed by atoms with E-state index < -0.39 is 6.10 Å². The lowest BCUT2D eigenvalue weighted by atomic mass is 9.82. The number of ether oxygens (including phenoxy) is 1. The predicted octanol–water partition coefficient (Wildman–Crippen LogP) is 7.53. The average Bonchev–Trinajstić information content (AvgIpc) is 3.16. The summed E-state index contributed by atoms with van der Waals surface area (Å²) in [6.07, 6.45) is 15.9. The van der Waals surface area contributed by atoms with Crippen molar-refractivity contribution in [1.82, 2.24) is 10.4 Å².